The number of nitrogens with zero attached hydrogens (tertiary/aromatic N) is 1. The smallest absolute Gasteiger partial charge is 0.183 e. The molecular weight excluding hydrogens is 241 g/mol. The predicted molar refractivity (Wildman–Crippen MR) is 75.0 cm³/mol. The topological polar surface area (TPSA) is 20.3 Å². The first-order chi connectivity index (χ1) is 8.99. The normalized spacial score (nSPS) is 19.4. The van der Waals surface area contributed by atoms with Crippen LogP contribution in [0.15, 0.2) is 18.2 Å². The van der Waals surface area contributed by atoms with E-state index in [0.717, 1.165) is 37.9 Å². The summed E-state index contributed by atoms with van der Waals surface area (Å²) in [6.45, 7) is 7.82. The summed E-state index contributed by atoms with van der Waals surface area (Å²) in [6, 6.07) is 4.47. The van der Waals surface area contributed by atoms with Crippen molar-refractivity contribution in [3.63, 3.8) is 0 Å². The fourth-order valence-corrected chi connectivity index (χ4v) is 2.87. The van der Waals surface area contributed by atoms with Crippen molar-refractivity contribution in [1.29, 1.82) is 0 Å². The van der Waals surface area contributed by atoms with Crippen LogP contribution < -0.4 is 0 Å². The number of hydrogen-bond acceptors (Lipinski definition) is 2. The van der Waals surface area contributed by atoms with E-state index in [0.29, 0.717) is 5.56 Å². The molecule has 0 bridgehead atoms. The van der Waals surface area contributed by atoms with Crippen molar-refractivity contribution < 1.29 is 9.18 Å². The van der Waals surface area contributed by atoms with Gasteiger partial charge < -0.3 is 0 Å². The van der Waals surface area contributed by atoms with Crippen LogP contribution in [0.3, 0.4) is 0 Å². The highest BCUT2D eigenvalue weighted by molar-refractivity contribution is 6.04. The SMILES string of the molecule is CCC(C)(C(=O)c1cc(F)ccc1C)N1CCCC1. The minimum atomic E-state index is -0.505. The van der Waals surface area contributed by atoms with Crippen molar-refractivity contribution in [2.24, 2.45) is 0 Å². The second-order valence-electron chi connectivity index (χ2n) is 5.61. The number of likely N-dealkylation sites (tertiary alicyclic amines) is 1. The lowest BCUT2D eigenvalue weighted by Gasteiger charge is -2.37. The first-order valence-electron chi connectivity index (χ1n) is 7.05. The summed E-state index contributed by atoms with van der Waals surface area (Å²) >= 11 is 0. The molecule has 1 aliphatic rings. The summed E-state index contributed by atoms with van der Waals surface area (Å²) in [5, 5.41) is 0. The third-order valence-electron chi connectivity index (χ3n) is 4.43. The van der Waals surface area contributed by atoms with E-state index in [2.05, 4.69) is 4.90 Å². The van der Waals surface area contributed by atoms with Gasteiger partial charge in [0.2, 0.25) is 0 Å². The van der Waals surface area contributed by atoms with E-state index in [1.54, 1.807) is 6.07 Å². The van der Waals surface area contributed by atoms with E-state index >= 15 is 0 Å². The van der Waals surface area contributed by atoms with Crippen LogP contribution in [0.4, 0.5) is 4.39 Å². The molecule has 2 rings (SSSR count). The largest absolute Gasteiger partial charge is 0.292 e. The highest BCUT2D eigenvalue weighted by atomic mass is 19.1. The van der Waals surface area contributed by atoms with Gasteiger partial charge >= 0.3 is 0 Å². The second kappa shape index (κ2) is 5.41. The maximum absolute atomic E-state index is 13.4. The number of Topliss-reactive ketones (excluding diaryl/α,β-unsaturated/α-hetero) is 1. The molecule has 1 aromatic carbocycles. The summed E-state index contributed by atoms with van der Waals surface area (Å²) in [5.41, 5.74) is 0.872. The number of ketones is 1. The minimum absolute atomic E-state index is 0.0499. The zero-order valence-corrected chi connectivity index (χ0v) is 12.0. The van der Waals surface area contributed by atoms with Gasteiger partial charge in [-0.2, -0.15) is 0 Å². The molecule has 0 amide bonds. The van der Waals surface area contributed by atoms with Crippen molar-refractivity contribution in [3.05, 3.63) is 35.1 Å². The monoisotopic (exact) mass is 263 g/mol. The Kier molecular flexibility index (Phi) is 4.04. The van der Waals surface area contributed by atoms with Gasteiger partial charge in [0.15, 0.2) is 5.78 Å². The zero-order valence-electron chi connectivity index (χ0n) is 12.0. The van der Waals surface area contributed by atoms with E-state index in [9.17, 15) is 9.18 Å². The van der Waals surface area contributed by atoms with Crippen LogP contribution in [-0.4, -0.2) is 29.3 Å². The minimum Gasteiger partial charge on any atom is -0.292 e. The molecule has 0 N–H and O–H groups in total. The molecule has 0 aliphatic carbocycles. The van der Waals surface area contributed by atoms with Crippen LogP contribution >= 0.6 is 0 Å². The number of carbonyl (C=O) groups excluding carboxylic acids is 1. The van der Waals surface area contributed by atoms with Gasteiger partial charge in [-0.3, -0.25) is 9.69 Å². The maximum Gasteiger partial charge on any atom is 0.183 e. The lowest BCUT2D eigenvalue weighted by molar-refractivity contribution is 0.0646. The summed E-state index contributed by atoms with van der Waals surface area (Å²) in [5.74, 6) is -0.289. The van der Waals surface area contributed by atoms with Gasteiger partial charge in [-0.15, -0.1) is 0 Å². The van der Waals surface area contributed by atoms with E-state index < -0.39 is 5.54 Å². The zero-order chi connectivity index (χ0) is 14.0. The molecule has 1 saturated heterocycles. The van der Waals surface area contributed by atoms with Crippen LogP contribution in [0.25, 0.3) is 0 Å². The molecular formula is C16H22FNO. The lowest BCUT2D eigenvalue weighted by Crippen LogP contribution is -2.50. The summed E-state index contributed by atoms with van der Waals surface area (Å²) in [4.78, 5) is 15.1. The number of aryl methyl sites for hydroxylation is 1. The second-order valence-corrected chi connectivity index (χ2v) is 5.61. The number of rotatable bonds is 4. The first kappa shape index (κ1) is 14.2. The van der Waals surface area contributed by atoms with Gasteiger partial charge in [0.05, 0.1) is 5.54 Å². The number of halogens is 1. The molecule has 0 spiro atoms. The third kappa shape index (κ3) is 2.57. The van der Waals surface area contributed by atoms with E-state index in [4.69, 9.17) is 0 Å². The van der Waals surface area contributed by atoms with Crippen LogP contribution in [0.5, 0.6) is 0 Å². The van der Waals surface area contributed by atoms with Crippen molar-refractivity contribution in [2.45, 2.75) is 45.6 Å². The van der Waals surface area contributed by atoms with Gasteiger partial charge in [0.1, 0.15) is 5.82 Å². The average Bonchev–Trinajstić information content (AvgIpc) is 2.94. The lowest BCUT2D eigenvalue weighted by atomic mass is 9.85. The fourth-order valence-electron chi connectivity index (χ4n) is 2.87. The fraction of sp³-hybridized carbons (Fsp3) is 0.562. The van der Waals surface area contributed by atoms with Gasteiger partial charge in [0, 0.05) is 5.56 Å². The Morgan fingerprint density at radius 3 is 2.58 bits per heavy atom. The van der Waals surface area contributed by atoms with Crippen molar-refractivity contribution in [1.82, 2.24) is 4.90 Å². The highest BCUT2D eigenvalue weighted by Gasteiger charge is 2.39. The Morgan fingerprint density at radius 2 is 2.00 bits per heavy atom. The highest BCUT2D eigenvalue weighted by Crippen LogP contribution is 2.29. The third-order valence-corrected chi connectivity index (χ3v) is 4.43. The number of hydrogen-bond donors (Lipinski definition) is 0. The quantitative estimate of drug-likeness (QED) is 0.774. The maximum atomic E-state index is 13.4. The van der Waals surface area contributed by atoms with Gasteiger partial charge in [-0.1, -0.05) is 13.0 Å². The van der Waals surface area contributed by atoms with Crippen molar-refractivity contribution in [2.75, 3.05) is 13.1 Å². The molecule has 0 saturated carbocycles. The van der Waals surface area contributed by atoms with Gasteiger partial charge in [-0.05, 0) is 63.9 Å². The van der Waals surface area contributed by atoms with Crippen LogP contribution in [0.2, 0.25) is 0 Å². The Hall–Kier alpha value is -1.22. The molecule has 0 radical (unpaired) electrons. The molecule has 1 aliphatic heterocycles. The Labute approximate surface area is 114 Å². The molecule has 1 fully saturated rings. The molecule has 1 atom stereocenters. The number of carbonyl (C=O) groups is 1. The average molecular weight is 263 g/mol. The molecule has 3 heteroatoms. The number of benzene rings is 1. The molecule has 2 nitrogen and oxygen atoms in total. The van der Waals surface area contributed by atoms with Gasteiger partial charge in [0.25, 0.3) is 0 Å². The molecule has 104 valence electrons. The van der Waals surface area contributed by atoms with E-state index in [-0.39, 0.29) is 11.6 Å². The Bertz CT molecular complexity index is 480. The molecule has 1 unspecified atom stereocenters. The van der Waals surface area contributed by atoms with Crippen molar-refractivity contribution >= 4 is 5.78 Å². The Morgan fingerprint density at radius 1 is 1.37 bits per heavy atom. The standard InChI is InChI=1S/C16H22FNO/c1-4-16(3,18-9-5-6-10-18)15(19)14-11-13(17)8-7-12(14)2/h7-8,11H,4-6,9-10H2,1-3H3. The van der Waals surface area contributed by atoms with Gasteiger partial charge in [-0.25, -0.2) is 4.39 Å². The van der Waals surface area contributed by atoms with Crippen LogP contribution in [0, 0.1) is 12.7 Å². The molecule has 19 heavy (non-hydrogen) atoms. The summed E-state index contributed by atoms with van der Waals surface area (Å²) in [7, 11) is 0. The molecule has 1 heterocycles. The first-order valence-corrected chi connectivity index (χ1v) is 7.05. The summed E-state index contributed by atoms with van der Waals surface area (Å²) in [6.07, 6.45) is 3.04. The van der Waals surface area contributed by atoms with Crippen molar-refractivity contribution in [3.8, 4) is 0 Å². The van der Waals surface area contributed by atoms with E-state index in [1.165, 1.54) is 12.1 Å². The Balaban J connectivity index is 2.37. The summed E-state index contributed by atoms with van der Waals surface area (Å²) < 4.78 is 13.4. The van der Waals surface area contributed by atoms with Crippen LogP contribution in [-0.2, 0) is 0 Å². The molecule has 0 aromatic heterocycles. The van der Waals surface area contributed by atoms with Crippen LogP contribution in [0.1, 0.15) is 49.0 Å². The predicted octanol–water partition coefficient (Wildman–Crippen LogP) is 3.58. The van der Waals surface area contributed by atoms with E-state index in [1.807, 2.05) is 20.8 Å². The molecule has 1 aromatic rings.